The van der Waals surface area contributed by atoms with Crippen molar-refractivity contribution in [2.75, 3.05) is 15.5 Å². The second kappa shape index (κ2) is 16.9. The fraction of sp³-hybridized carbons (Fsp3) is 0.405. The molecule has 1 aliphatic carbocycles. The van der Waals surface area contributed by atoms with E-state index in [1.165, 1.54) is 18.2 Å². The molecule has 1 fully saturated rings. The van der Waals surface area contributed by atoms with Crippen molar-refractivity contribution in [1.29, 1.82) is 0 Å². The summed E-state index contributed by atoms with van der Waals surface area (Å²) in [6.07, 6.45) is 1.66. The molecule has 5 rings (SSSR count). The molecule has 3 amide bonds. The zero-order chi connectivity index (χ0) is 41.9. The highest BCUT2D eigenvalue weighted by Gasteiger charge is 2.38. The number of sulfone groups is 1. The minimum absolute atomic E-state index is 0.0604. The van der Waals surface area contributed by atoms with Crippen molar-refractivity contribution in [2.24, 2.45) is 0 Å². The highest BCUT2D eigenvalue weighted by atomic mass is 32.2. The second-order valence-corrected chi connectivity index (χ2v) is 18.2. The van der Waals surface area contributed by atoms with E-state index >= 15 is 4.39 Å². The van der Waals surface area contributed by atoms with E-state index < -0.39 is 51.1 Å². The molecule has 3 aromatic carbocycles. The number of aromatic nitrogens is 1. The van der Waals surface area contributed by atoms with E-state index in [2.05, 4.69) is 15.6 Å². The number of carboxylic acids is 1. The SMILES string of the molecule is CCCc1cc(NC(=O)CCc2cccc(C(Nc3ccc4c(N(C(=O)OC(C)(C)C)C(=O)OC(C)(C)C)ncc(F)c4c3)C(=O)O)c2)ccc1S(=O)(=O)C1CC1. The molecular formula is C42H49FN4O9S. The summed E-state index contributed by atoms with van der Waals surface area (Å²) in [5.41, 5.74) is 0.474. The number of pyridine rings is 1. The number of nitrogens with zero attached hydrogens (tertiary/aromatic N) is 2. The Morgan fingerprint density at radius 3 is 2.14 bits per heavy atom. The van der Waals surface area contributed by atoms with Gasteiger partial charge in [0.15, 0.2) is 21.7 Å². The highest BCUT2D eigenvalue weighted by molar-refractivity contribution is 7.92. The minimum atomic E-state index is -3.39. The molecule has 1 aliphatic rings. The lowest BCUT2D eigenvalue weighted by atomic mass is 10.0. The fourth-order valence-electron chi connectivity index (χ4n) is 6.15. The number of hydrogen-bond acceptors (Lipinski definition) is 10. The molecule has 0 bridgehead atoms. The van der Waals surface area contributed by atoms with Crippen molar-refractivity contribution in [3.63, 3.8) is 0 Å². The number of rotatable bonds is 13. The van der Waals surface area contributed by atoms with Gasteiger partial charge in [-0.1, -0.05) is 37.6 Å². The molecule has 57 heavy (non-hydrogen) atoms. The lowest BCUT2D eigenvalue weighted by Gasteiger charge is -2.28. The molecule has 4 aromatic rings. The molecular weight excluding hydrogens is 756 g/mol. The van der Waals surface area contributed by atoms with Crippen LogP contribution >= 0.6 is 0 Å². The van der Waals surface area contributed by atoms with Gasteiger partial charge in [-0.2, -0.15) is 4.90 Å². The smallest absolute Gasteiger partial charge is 0.425 e. The van der Waals surface area contributed by atoms with Crippen LogP contribution < -0.4 is 15.5 Å². The Bertz CT molecular complexity index is 2270. The van der Waals surface area contributed by atoms with Crippen LogP contribution in [0.15, 0.2) is 71.8 Å². The third-order valence-electron chi connectivity index (χ3n) is 8.80. The summed E-state index contributed by atoms with van der Waals surface area (Å²) in [5, 5.41) is 15.7. The van der Waals surface area contributed by atoms with Crippen LogP contribution in [0.2, 0.25) is 0 Å². The fourth-order valence-corrected chi connectivity index (χ4v) is 8.05. The van der Waals surface area contributed by atoms with Gasteiger partial charge < -0.3 is 25.2 Å². The molecule has 3 N–H and O–H groups in total. The van der Waals surface area contributed by atoms with Gasteiger partial charge in [0.2, 0.25) is 5.91 Å². The Hall–Kier alpha value is -5.57. The molecule has 15 heteroatoms. The van der Waals surface area contributed by atoms with E-state index in [9.17, 15) is 32.7 Å². The van der Waals surface area contributed by atoms with E-state index in [0.717, 1.165) is 12.6 Å². The van der Waals surface area contributed by atoms with Gasteiger partial charge in [-0.25, -0.2) is 32.2 Å². The number of halogens is 1. The van der Waals surface area contributed by atoms with Gasteiger partial charge in [0.05, 0.1) is 16.3 Å². The van der Waals surface area contributed by atoms with Gasteiger partial charge in [0.25, 0.3) is 0 Å². The number of carbonyl (C=O) groups excluding carboxylic acids is 3. The average molecular weight is 805 g/mol. The Kier molecular flexibility index (Phi) is 12.6. The van der Waals surface area contributed by atoms with Crippen molar-refractivity contribution >= 4 is 61.9 Å². The molecule has 1 saturated carbocycles. The van der Waals surface area contributed by atoms with Crippen LogP contribution in [0.5, 0.6) is 0 Å². The van der Waals surface area contributed by atoms with Crippen LogP contribution in [0.3, 0.4) is 0 Å². The van der Waals surface area contributed by atoms with Crippen molar-refractivity contribution in [3.05, 3.63) is 89.4 Å². The predicted octanol–water partition coefficient (Wildman–Crippen LogP) is 8.75. The first-order valence-electron chi connectivity index (χ1n) is 18.8. The van der Waals surface area contributed by atoms with Crippen molar-refractivity contribution in [1.82, 2.24) is 4.98 Å². The number of anilines is 3. The van der Waals surface area contributed by atoms with Crippen LogP contribution in [0.1, 0.15) is 96.9 Å². The number of ether oxygens (including phenoxy) is 2. The number of benzene rings is 3. The number of carbonyl (C=O) groups is 4. The zero-order valence-corrected chi connectivity index (χ0v) is 34.0. The Balaban J connectivity index is 1.33. The van der Waals surface area contributed by atoms with Gasteiger partial charge in [-0.05, 0) is 120 Å². The average Bonchev–Trinajstić information content (AvgIpc) is 3.97. The maximum absolute atomic E-state index is 15.3. The molecule has 1 unspecified atom stereocenters. The van der Waals surface area contributed by atoms with E-state index in [0.29, 0.717) is 51.4 Å². The van der Waals surface area contributed by atoms with Crippen molar-refractivity contribution in [2.45, 2.75) is 114 Å². The van der Waals surface area contributed by atoms with Crippen LogP contribution in [0.25, 0.3) is 10.8 Å². The number of fused-ring (bicyclic) bond motifs is 1. The molecule has 0 aliphatic heterocycles. The third-order valence-corrected chi connectivity index (χ3v) is 11.2. The highest BCUT2D eigenvalue weighted by Crippen LogP contribution is 2.36. The van der Waals surface area contributed by atoms with E-state index in [1.54, 1.807) is 84.0 Å². The summed E-state index contributed by atoms with van der Waals surface area (Å²) in [5.74, 6) is -2.55. The Labute approximate surface area is 331 Å². The van der Waals surface area contributed by atoms with Crippen LogP contribution in [-0.4, -0.2) is 59.0 Å². The standard InChI is InChI=1S/C42H49FN4O9S/c1-8-10-26-22-28(15-19-34(26)57(53,54)30-16-17-30)45-35(48)20-13-25-11-9-12-27(21-25)36(38(49)50)46-29-14-18-31-32(23-29)33(43)24-44-37(31)47(39(51)55-41(2,3)4)40(52)56-42(5,6)7/h9,11-12,14-15,18-19,21-24,30,36,46H,8,10,13,16-17,20H2,1-7H3,(H,45,48)(H,49,50). The van der Waals surface area contributed by atoms with Crippen LogP contribution in [-0.2, 0) is 41.7 Å². The van der Waals surface area contributed by atoms with Crippen molar-refractivity contribution in [3.8, 4) is 0 Å². The number of nitrogens with one attached hydrogen (secondary N) is 2. The first kappa shape index (κ1) is 42.6. The lowest BCUT2D eigenvalue weighted by Crippen LogP contribution is -2.44. The zero-order valence-electron chi connectivity index (χ0n) is 33.1. The maximum Gasteiger partial charge on any atom is 0.425 e. The Morgan fingerprint density at radius 2 is 1.54 bits per heavy atom. The molecule has 0 saturated heterocycles. The quantitative estimate of drug-likeness (QED) is 0.118. The molecule has 0 spiro atoms. The van der Waals surface area contributed by atoms with E-state index in [-0.39, 0.29) is 46.3 Å². The van der Waals surface area contributed by atoms with E-state index in [1.807, 2.05) is 6.92 Å². The molecule has 1 heterocycles. The van der Waals surface area contributed by atoms with Crippen LogP contribution in [0.4, 0.5) is 31.2 Å². The predicted molar refractivity (Wildman–Crippen MR) is 215 cm³/mol. The Morgan fingerprint density at radius 1 is 0.895 bits per heavy atom. The van der Waals surface area contributed by atoms with Gasteiger partial charge in [0, 0.05) is 28.6 Å². The molecule has 304 valence electrons. The number of imide groups is 1. The van der Waals surface area contributed by atoms with Gasteiger partial charge in [-0.3, -0.25) is 4.79 Å². The summed E-state index contributed by atoms with van der Waals surface area (Å²) in [4.78, 5) is 57.1. The topological polar surface area (TPSA) is 181 Å². The molecule has 1 aromatic heterocycles. The number of carboxylic acid groups (broad SMARTS) is 1. The second-order valence-electron chi connectivity index (χ2n) is 16.0. The van der Waals surface area contributed by atoms with Crippen LogP contribution in [0, 0.1) is 5.82 Å². The summed E-state index contributed by atoms with van der Waals surface area (Å²) < 4.78 is 52.1. The number of amides is 3. The number of hydrogen-bond donors (Lipinski definition) is 3. The van der Waals surface area contributed by atoms with E-state index in [4.69, 9.17) is 9.47 Å². The van der Waals surface area contributed by atoms with Crippen molar-refractivity contribution < 1.29 is 46.6 Å². The van der Waals surface area contributed by atoms with Gasteiger partial charge >= 0.3 is 18.2 Å². The summed E-state index contributed by atoms with van der Waals surface area (Å²) in [6, 6.07) is 14.6. The largest absolute Gasteiger partial charge is 0.479 e. The van der Waals surface area contributed by atoms with Gasteiger partial charge in [0.1, 0.15) is 17.0 Å². The number of aryl methyl sites for hydroxylation is 2. The summed E-state index contributed by atoms with van der Waals surface area (Å²) in [6.45, 7) is 11.7. The molecule has 0 radical (unpaired) electrons. The molecule has 13 nitrogen and oxygen atoms in total. The molecule has 1 atom stereocenters. The lowest BCUT2D eigenvalue weighted by molar-refractivity contribution is -0.138. The monoisotopic (exact) mass is 804 g/mol. The summed E-state index contributed by atoms with van der Waals surface area (Å²) >= 11 is 0. The first-order chi connectivity index (χ1) is 26.7. The summed E-state index contributed by atoms with van der Waals surface area (Å²) in [7, 11) is -3.39. The maximum atomic E-state index is 15.3. The third kappa shape index (κ3) is 10.8. The minimum Gasteiger partial charge on any atom is -0.479 e. The first-order valence-corrected chi connectivity index (χ1v) is 20.3. The number of aliphatic carboxylic acids is 1. The normalized spacial score (nSPS) is 13.8. The van der Waals surface area contributed by atoms with Gasteiger partial charge in [-0.15, -0.1) is 0 Å².